The van der Waals surface area contributed by atoms with Gasteiger partial charge < -0.3 is 10.5 Å². The Morgan fingerprint density at radius 1 is 1.42 bits per heavy atom. The van der Waals surface area contributed by atoms with Crippen LogP contribution in [0.5, 0.6) is 5.75 Å². The van der Waals surface area contributed by atoms with Crippen molar-refractivity contribution in [3.63, 3.8) is 0 Å². The van der Waals surface area contributed by atoms with Crippen molar-refractivity contribution < 1.29 is 4.74 Å². The van der Waals surface area contributed by atoms with Crippen molar-refractivity contribution in [2.45, 2.75) is 6.54 Å². The standard InChI is InChI=1S/C8H9Cl2NO/c1-12-6-2-5(4-11)8(10)7(9)3-6/h2-3H,4,11H2,1H3. The molecular weight excluding hydrogens is 197 g/mol. The molecule has 0 atom stereocenters. The summed E-state index contributed by atoms with van der Waals surface area (Å²) in [5, 5.41) is 0.969. The fourth-order valence-electron chi connectivity index (χ4n) is 0.885. The second kappa shape index (κ2) is 3.99. The van der Waals surface area contributed by atoms with Gasteiger partial charge in [-0.2, -0.15) is 0 Å². The maximum atomic E-state index is 5.85. The zero-order valence-electron chi connectivity index (χ0n) is 6.60. The van der Waals surface area contributed by atoms with Crippen LogP contribution in [0.3, 0.4) is 0 Å². The molecule has 0 saturated carbocycles. The lowest BCUT2D eigenvalue weighted by Crippen LogP contribution is -1.98. The van der Waals surface area contributed by atoms with Crippen LogP contribution in [0.2, 0.25) is 10.0 Å². The molecule has 0 heterocycles. The number of rotatable bonds is 2. The molecule has 0 amide bonds. The van der Waals surface area contributed by atoms with Crippen LogP contribution in [-0.4, -0.2) is 7.11 Å². The van der Waals surface area contributed by atoms with E-state index in [-0.39, 0.29) is 0 Å². The summed E-state index contributed by atoms with van der Waals surface area (Å²) >= 11 is 11.7. The predicted octanol–water partition coefficient (Wildman–Crippen LogP) is 2.46. The van der Waals surface area contributed by atoms with Gasteiger partial charge in [0, 0.05) is 12.6 Å². The topological polar surface area (TPSA) is 35.2 Å². The average Bonchev–Trinajstić information content (AvgIpc) is 2.09. The molecule has 0 aliphatic carbocycles. The summed E-state index contributed by atoms with van der Waals surface area (Å²) in [5.41, 5.74) is 6.24. The molecule has 0 aliphatic heterocycles. The molecule has 0 aromatic heterocycles. The molecule has 0 bridgehead atoms. The molecule has 66 valence electrons. The second-order valence-electron chi connectivity index (χ2n) is 2.29. The Morgan fingerprint density at radius 3 is 2.58 bits per heavy atom. The van der Waals surface area contributed by atoms with Gasteiger partial charge in [0.2, 0.25) is 0 Å². The highest BCUT2D eigenvalue weighted by Gasteiger charge is 2.05. The average molecular weight is 206 g/mol. The number of benzene rings is 1. The third-order valence-electron chi connectivity index (χ3n) is 1.53. The number of nitrogens with two attached hydrogens (primary N) is 1. The first-order chi connectivity index (χ1) is 5.69. The van der Waals surface area contributed by atoms with Crippen LogP contribution < -0.4 is 10.5 Å². The summed E-state index contributed by atoms with van der Waals surface area (Å²) in [4.78, 5) is 0. The lowest BCUT2D eigenvalue weighted by molar-refractivity contribution is 0.414. The number of hydrogen-bond acceptors (Lipinski definition) is 2. The first-order valence-corrected chi connectivity index (χ1v) is 4.16. The maximum absolute atomic E-state index is 5.85. The van der Waals surface area contributed by atoms with Crippen molar-refractivity contribution in [2.24, 2.45) is 5.73 Å². The molecule has 0 saturated heterocycles. The molecule has 0 radical (unpaired) electrons. The van der Waals surface area contributed by atoms with E-state index in [4.69, 9.17) is 33.7 Å². The van der Waals surface area contributed by atoms with Crippen molar-refractivity contribution in [3.8, 4) is 5.75 Å². The molecule has 1 aromatic rings. The smallest absolute Gasteiger partial charge is 0.120 e. The Labute approximate surface area is 81.2 Å². The summed E-state index contributed by atoms with van der Waals surface area (Å²) in [6, 6.07) is 3.43. The van der Waals surface area contributed by atoms with Gasteiger partial charge >= 0.3 is 0 Å². The van der Waals surface area contributed by atoms with Crippen molar-refractivity contribution in [1.29, 1.82) is 0 Å². The summed E-state index contributed by atoms with van der Waals surface area (Å²) in [6.07, 6.45) is 0. The third-order valence-corrected chi connectivity index (χ3v) is 2.37. The van der Waals surface area contributed by atoms with Gasteiger partial charge in [0.05, 0.1) is 17.2 Å². The summed E-state index contributed by atoms with van der Waals surface area (Å²) < 4.78 is 4.99. The van der Waals surface area contributed by atoms with Gasteiger partial charge in [-0.3, -0.25) is 0 Å². The molecule has 0 fully saturated rings. The zero-order chi connectivity index (χ0) is 9.14. The molecular formula is C8H9Cl2NO. The van der Waals surface area contributed by atoms with Crippen molar-refractivity contribution >= 4 is 23.2 Å². The monoisotopic (exact) mass is 205 g/mol. The van der Waals surface area contributed by atoms with Crippen molar-refractivity contribution in [1.82, 2.24) is 0 Å². The number of ether oxygens (including phenoxy) is 1. The number of methoxy groups -OCH3 is 1. The van der Waals surface area contributed by atoms with Crippen LogP contribution in [0, 0.1) is 0 Å². The van der Waals surface area contributed by atoms with E-state index in [0.717, 1.165) is 5.56 Å². The molecule has 2 nitrogen and oxygen atoms in total. The molecule has 0 unspecified atom stereocenters. The van der Waals surface area contributed by atoms with E-state index in [1.54, 1.807) is 19.2 Å². The number of halogens is 2. The quantitative estimate of drug-likeness (QED) is 0.806. The summed E-state index contributed by atoms with van der Waals surface area (Å²) in [6.45, 7) is 0.357. The van der Waals surface area contributed by atoms with E-state index in [9.17, 15) is 0 Å². The molecule has 1 rings (SSSR count). The van der Waals surface area contributed by atoms with Crippen LogP contribution >= 0.6 is 23.2 Å². The highest BCUT2D eigenvalue weighted by Crippen LogP contribution is 2.30. The fraction of sp³-hybridized carbons (Fsp3) is 0.250. The minimum atomic E-state index is 0.357. The molecule has 0 aliphatic rings. The van der Waals surface area contributed by atoms with E-state index in [1.165, 1.54) is 0 Å². The van der Waals surface area contributed by atoms with Gasteiger partial charge in [0.1, 0.15) is 5.75 Å². The molecule has 4 heteroatoms. The predicted molar refractivity (Wildman–Crippen MR) is 50.9 cm³/mol. The van der Waals surface area contributed by atoms with Crippen LogP contribution in [-0.2, 0) is 6.54 Å². The Morgan fingerprint density at radius 2 is 2.08 bits per heavy atom. The number of hydrogen-bond donors (Lipinski definition) is 1. The minimum absolute atomic E-state index is 0.357. The van der Waals surface area contributed by atoms with Gasteiger partial charge in [-0.15, -0.1) is 0 Å². The largest absolute Gasteiger partial charge is 0.497 e. The Hall–Kier alpha value is -0.440. The van der Waals surface area contributed by atoms with E-state index in [1.807, 2.05) is 0 Å². The fourth-order valence-corrected chi connectivity index (χ4v) is 1.30. The Kier molecular flexibility index (Phi) is 3.20. The van der Waals surface area contributed by atoms with Crippen molar-refractivity contribution in [2.75, 3.05) is 7.11 Å². The first-order valence-electron chi connectivity index (χ1n) is 3.41. The van der Waals surface area contributed by atoms with Gasteiger partial charge in [-0.25, -0.2) is 0 Å². The summed E-state index contributed by atoms with van der Waals surface area (Å²) in [5.74, 6) is 0.671. The Bertz CT molecular complexity index is 289. The van der Waals surface area contributed by atoms with E-state index in [0.29, 0.717) is 22.3 Å². The van der Waals surface area contributed by atoms with Gasteiger partial charge in [0.15, 0.2) is 0 Å². The molecule has 0 spiro atoms. The third kappa shape index (κ3) is 1.83. The first kappa shape index (κ1) is 9.65. The zero-order valence-corrected chi connectivity index (χ0v) is 8.12. The lowest BCUT2D eigenvalue weighted by atomic mass is 10.2. The van der Waals surface area contributed by atoms with E-state index in [2.05, 4.69) is 0 Å². The lowest BCUT2D eigenvalue weighted by Gasteiger charge is -2.06. The minimum Gasteiger partial charge on any atom is -0.497 e. The second-order valence-corrected chi connectivity index (χ2v) is 3.07. The molecule has 2 N–H and O–H groups in total. The van der Waals surface area contributed by atoms with Gasteiger partial charge in [-0.1, -0.05) is 23.2 Å². The maximum Gasteiger partial charge on any atom is 0.120 e. The SMILES string of the molecule is COc1cc(Cl)c(Cl)c(CN)c1. The van der Waals surface area contributed by atoms with Crippen LogP contribution in [0.1, 0.15) is 5.56 Å². The molecule has 1 aromatic carbocycles. The van der Waals surface area contributed by atoms with E-state index < -0.39 is 0 Å². The van der Waals surface area contributed by atoms with Gasteiger partial charge in [-0.05, 0) is 11.6 Å². The van der Waals surface area contributed by atoms with E-state index >= 15 is 0 Å². The van der Waals surface area contributed by atoms with Crippen molar-refractivity contribution in [3.05, 3.63) is 27.7 Å². The highest BCUT2D eigenvalue weighted by molar-refractivity contribution is 6.42. The van der Waals surface area contributed by atoms with Gasteiger partial charge in [0.25, 0.3) is 0 Å². The normalized spacial score (nSPS) is 10.0. The summed E-state index contributed by atoms with van der Waals surface area (Å²) in [7, 11) is 1.57. The van der Waals surface area contributed by atoms with Crippen LogP contribution in [0.15, 0.2) is 12.1 Å². The molecule has 12 heavy (non-hydrogen) atoms. The Balaban J connectivity index is 3.19. The van der Waals surface area contributed by atoms with Crippen LogP contribution in [0.4, 0.5) is 0 Å². The van der Waals surface area contributed by atoms with Crippen LogP contribution in [0.25, 0.3) is 0 Å². The highest BCUT2D eigenvalue weighted by atomic mass is 35.5.